The van der Waals surface area contributed by atoms with Gasteiger partial charge in [0.25, 0.3) is 0 Å². The quantitative estimate of drug-likeness (QED) is 0.877. The third-order valence-electron chi connectivity index (χ3n) is 3.67. The lowest BCUT2D eigenvalue weighted by Gasteiger charge is -2.18. The first kappa shape index (κ1) is 15.4. The van der Waals surface area contributed by atoms with Gasteiger partial charge < -0.3 is 15.0 Å². The molecule has 0 bridgehead atoms. The molecule has 112 valence electrons. The highest BCUT2D eigenvalue weighted by Crippen LogP contribution is 2.24. The molecule has 0 fully saturated rings. The summed E-state index contributed by atoms with van der Waals surface area (Å²) in [7, 11) is 5.82. The maximum atomic E-state index is 5.42. The summed E-state index contributed by atoms with van der Waals surface area (Å²) in [4.78, 5) is 2.11. The van der Waals surface area contributed by atoms with Gasteiger partial charge in [0.15, 0.2) is 0 Å². The Labute approximate surface area is 127 Å². The predicted octanol–water partition coefficient (Wildman–Crippen LogP) is 3.61. The minimum absolute atomic E-state index is 0.245. The van der Waals surface area contributed by atoms with Crippen LogP contribution in [-0.2, 0) is 6.54 Å². The standard InChI is InChI=1S/C18H24N2O/c1-14(17-7-5-6-8-18(17)21-4)19-13-15-9-11-16(12-10-15)20(2)3/h5-12,14,19H,13H2,1-4H3/t14-/m0/s1. The van der Waals surface area contributed by atoms with E-state index in [1.165, 1.54) is 16.8 Å². The molecule has 3 heteroatoms. The molecule has 1 atom stereocenters. The van der Waals surface area contributed by atoms with E-state index in [0.717, 1.165) is 12.3 Å². The van der Waals surface area contributed by atoms with Crippen molar-refractivity contribution in [1.29, 1.82) is 0 Å². The van der Waals surface area contributed by atoms with Crippen molar-refractivity contribution in [1.82, 2.24) is 5.32 Å². The molecule has 2 rings (SSSR count). The molecule has 21 heavy (non-hydrogen) atoms. The minimum atomic E-state index is 0.245. The van der Waals surface area contributed by atoms with Gasteiger partial charge in [-0.15, -0.1) is 0 Å². The fourth-order valence-electron chi connectivity index (χ4n) is 2.32. The number of para-hydroxylation sites is 1. The van der Waals surface area contributed by atoms with Gasteiger partial charge in [-0.2, -0.15) is 0 Å². The van der Waals surface area contributed by atoms with Crippen LogP contribution < -0.4 is 15.0 Å². The fraction of sp³-hybridized carbons (Fsp3) is 0.333. The molecule has 0 heterocycles. The van der Waals surface area contributed by atoms with Gasteiger partial charge in [0.1, 0.15) is 5.75 Å². The van der Waals surface area contributed by atoms with Crippen LogP contribution in [-0.4, -0.2) is 21.2 Å². The summed E-state index contributed by atoms with van der Waals surface area (Å²) < 4.78 is 5.42. The van der Waals surface area contributed by atoms with Crippen molar-refractivity contribution < 1.29 is 4.74 Å². The molecule has 0 saturated carbocycles. The topological polar surface area (TPSA) is 24.5 Å². The van der Waals surface area contributed by atoms with Crippen LogP contribution in [0.3, 0.4) is 0 Å². The van der Waals surface area contributed by atoms with Crippen molar-refractivity contribution in [2.24, 2.45) is 0 Å². The van der Waals surface area contributed by atoms with Gasteiger partial charge in [-0.1, -0.05) is 30.3 Å². The maximum absolute atomic E-state index is 5.42. The number of hydrogen-bond acceptors (Lipinski definition) is 3. The van der Waals surface area contributed by atoms with Crippen LogP contribution in [0, 0.1) is 0 Å². The highest BCUT2D eigenvalue weighted by Gasteiger charge is 2.10. The number of rotatable bonds is 6. The molecule has 2 aromatic rings. The van der Waals surface area contributed by atoms with Crippen molar-refractivity contribution in [2.45, 2.75) is 19.5 Å². The summed E-state index contributed by atoms with van der Waals surface area (Å²) in [6, 6.07) is 17.0. The van der Waals surface area contributed by atoms with Crippen molar-refractivity contribution >= 4 is 5.69 Å². The van der Waals surface area contributed by atoms with Gasteiger partial charge in [0, 0.05) is 37.9 Å². The Kier molecular flexibility index (Phi) is 5.23. The number of anilines is 1. The molecule has 0 aliphatic heterocycles. The van der Waals surface area contributed by atoms with Crippen LogP contribution in [0.1, 0.15) is 24.1 Å². The van der Waals surface area contributed by atoms with Crippen LogP contribution >= 0.6 is 0 Å². The van der Waals surface area contributed by atoms with E-state index in [1.807, 2.05) is 18.2 Å². The fourth-order valence-corrected chi connectivity index (χ4v) is 2.32. The molecule has 0 unspecified atom stereocenters. The van der Waals surface area contributed by atoms with Crippen molar-refractivity contribution in [3.05, 3.63) is 59.7 Å². The van der Waals surface area contributed by atoms with Gasteiger partial charge >= 0.3 is 0 Å². The number of ether oxygens (including phenoxy) is 1. The van der Waals surface area contributed by atoms with Gasteiger partial charge in [-0.3, -0.25) is 0 Å². The monoisotopic (exact) mass is 284 g/mol. The molecule has 0 radical (unpaired) electrons. The average Bonchev–Trinajstić information content (AvgIpc) is 2.52. The molecule has 0 saturated heterocycles. The maximum Gasteiger partial charge on any atom is 0.123 e. The zero-order valence-electron chi connectivity index (χ0n) is 13.3. The highest BCUT2D eigenvalue weighted by molar-refractivity contribution is 5.46. The van der Waals surface area contributed by atoms with E-state index in [2.05, 4.69) is 61.6 Å². The molecule has 0 amide bonds. The lowest BCUT2D eigenvalue weighted by Crippen LogP contribution is -2.18. The first-order valence-electron chi connectivity index (χ1n) is 7.24. The largest absolute Gasteiger partial charge is 0.496 e. The number of benzene rings is 2. The summed E-state index contributed by atoms with van der Waals surface area (Å²) in [5, 5.41) is 3.54. The molecule has 3 nitrogen and oxygen atoms in total. The van der Waals surface area contributed by atoms with E-state index >= 15 is 0 Å². The zero-order valence-corrected chi connectivity index (χ0v) is 13.3. The SMILES string of the molecule is COc1ccccc1[C@H](C)NCc1ccc(N(C)C)cc1. The van der Waals surface area contributed by atoms with E-state index in [1.54, 1.807) is 7.11 Å². The van der Waals surface area contributed by atoms with Crippen LogP contribution in [0.25, 0.3) is 0 Å². The number of nitrogens with one attached hydrogen (secondary N) is 1. The summed E-state index contributed by atoms with van der Waals surface area (Å²) in [5.74, 6) is 0.931. The molecule has 0 aromatic heterocycles. The van der Waals surface area contributed by atoms with E-state index in [9.17, 15) is 0 Å². The lowest BCUT2D eigenvalue weighted by molar-refractivity contribution is 0.401. The molecule has 0 spiro atoms. The smallest absolute Gasteiger partial charge is 0.123 e. The highest BCUT2D eigenvalue weighted by atomic mass is 16.5. The molecular weight excluding hydrogens is 260 g/mol. The number of hydrogen-bond donors (Lipinski definition) is 1. The summed E-state index contributed by atoms with van der Waals surface area (Å²) >= 11 is 0. The Morgan fingerprint density at radius 3 is 2.33 bits per heavy atom. The predicted molar refractivity (Wildman–Crippen MR) is 89.0 cm³/mol. The van der Waals surface area contributed by atoms with Gasteiger partial charge in [-0.05, 0) is 30.7 Å². The normalized spacial score (nSPS) is 12.0. The molecular formula is C18H24N2O. The minimum Gasteiger partial charge on any atom is -0.496 e. The Balaban J connectivity index is 1.99. The van der Waals surface area contributed by atoms with Crippen molar-refractivity contribution in [3.8, 4) is 5.75 Å². The first-order chi connectivity index (χ1) is 10.1. The van der Waals surface area contributed by atoms with E-state index in [4.69, 9.17) is 4.74 Å². The van der Waals surface area contributed by atoms with Crippen LogP contribution in [0.4, 0.5) is 5.69 Å². The molecule has 0 aliphatic rings. The third-order valence-corrected chi connectivity index (χ3v) is 3.67. The summed E-state index contributed by atoms with van der Waals surface area (Å²) in [6.07, 6.45) is 0. The second-order valence-electron chi connectivity index (χ2n) is 5.41. The number of methoxy groups -OCH3 is 1. The number of nitrogens with zero attached hydrogens (tertiary/aromatic N) is 1. The van der Waals surface area contributed by atoms with E-state index in [-0.39, 0.29) is 6.04 Å². The Morgan fingerprint density at radius 2 is 1.71 bits per heavy atom. The summed E-state index contributed by atoms with van der Waals surface area (Å²) in [5.41, 5.74) is 3.68. The van der Waals surface area contributed by atoms with Crippen LogP contribution in [0.5, 0.6) is 5.75 Å². The second-order valence-corrected chi connectivity index (χ2v) is 5.41. The van der Waals surface area contributed by atoms with Gasteiger partial charge in [0.2, 0.25) is 0 Å². The molecule has 0 aliphatic carbocycles. The molecule has 1 N–H and O–H groups in total. The average molecular weight is 284 g/mol. The Morgan fingerprint density at radius 1 is 1.05 bits per heavy atom. The summed E-state index contributed by atoms with van der Waals surface area (Å²) in [6.45, 7) is 3.00. The zero-order chi connectivity index (χ0) is 15.2. The Hall–Kier alpha value is -2.00. The van der Waals surface area contributed by atoms with E-state index < -0.39 is 0 Å². The van der Waals surface area contributed by atoms with Crippen LogP contribution in [0.2, 0.25) is 0 Å². The first-order valence-corrected chi connectivity index (χ1v) is 7.24. The lowest BCUT2D eigenvalue weighted by atomic mass is 10.1. The van der Waals surface area contributed by atoms with E-state index in [0.29, 0.717) is 0 Å². The van der Waals surface area contributed by atoms with Gasteiger partial charge in [0.05, 0.1) is 7.11 Å². The third kappa shape index (κ3) is 3.99. The van der Waals surface area contributed by atoms with Gasteiger partial charge in [-0.25, -0.2) is 0 Å². The van der Waals surface area contributed by atoms with Crippen molar-refractivity contribution in [3.63, 3.8) is 0 Å². The van der Waals surface area contributed by atoms with Crippen molar-refractivity contribution in [2.75, 3.05) is 26.1 Å². The van der Waals surface area contributed by atoms with Crippen LogP contribution in [0.15, 0.2) is 48.5 Å². The second kappa shape index (κ2) is 7.14. The Bertz CT molecular complexity index is 564. The molecule has 2 aromatic carbocycles.